The Labute approximate surface area is 152 Å². The first-order valence-corrected chi connectivity index (χ1v) is 9.63. The Morgan fingerprint density at radius 3 is 2.62 bits per heavy atom. The molecule has 1 aromatic rings. The van der Waals surface area contributed by atoms with Crippen LogP contribution in [-0.2, 0) is 4.79 Å². The Morgan fingerprint density at radius 1 is 1.21 bits per heavy atom. The van der Waals surface area contributed by atoms with Crippen molar-refractivity contribution in [2.75, 3.05) is 26.2 Å². The van der Waals surface area contributed by atoms with Gasteiger partial charge in [0.1, 0.15) is 10.1 Å². The zero-order valence-corrected chi connectivity index (χ0v) is 15.3. The van der Waals surface area contributed by atoms with Gasteiger partial charge in [0, 0.05) is 6.54 Å². The fraction of sp³-hybridized carbons (Fsp3) is 0.444. The molecule has 0 spiro atoms. The van der Waals surface area contributed by atoms with Crippen LogP contribution in [0.15, 0.2) is 29.2 Å². The molecule has 2 aliphatic heterocycles. The molecule has 0 saturated carbocycles. The molecule has 2 aliphatic rings. The smallest absolute Gasteiger partial charge is 0.263 e. The highest BCUT2D eigenvalue weighted by molar-refractivity contribution is 8.26. The highest BCUT2D eigenvalue weighted by Gasteiger charge is 2.21. The minimum atomic E-state index is -0.122. The summed E-state index contributed by atoms with van der Waals surface area (Å²) in [6, 6.07) is 7.82. The van der Waals surface area contributed by atoms with E-state index in [2.05, 4.69) is 10.2 Å². The van der Waals surface area contributed by atoms with Crippen LogP contribution in [0.1, 0.15) is 31.2 Å². The summed E-state index contributed by atoms with van der Waals surface area (Å²) < 4.78 is 6.32. The van der Waals surface area contributed by atoms with Crippen LogP contribution in [0.3, 0.4) is 0 Å². The molecule has 6 heteroatoms. The number of hydrogen-bond donors (Lipinski definition) is 1. The number of thiocarbonyl (C=S) groups is 1. The van der Waals surface area contributed by atoms with E-state index in [1.807, 2.05) is 30.3 Å². The summed E-state index contributed by atoms with van der Waals surface area (Å²) in [6.45, 7) is 4.33. The molecule has 0 unspecified atom stereocenters. The molecule has 3 rings (SSSR count). The SMILES string of the molecule is O=C1NC(=S)S/C1=C\c1ccc(OCCCN2CCCCC2)cc1. The van der Waals surface area contributed by atoms with Crippen molar-refractivity contribution in [1.29, 1.82) is 0 Å². The van der Waals surface area contributed by atoms with Crippen LogP contribution in [0.2, 0.25) is 0 Å². The van der Waals surface area contributed by atoms with E-state index in [0.29, 0.717) is 9.23 Å². The Balaban J connectivity index is 1.44. The fourth-order valence-corrected chi connectivity index (χ4v) is 3.94. The van der Waals surface area contributed by atoms with E-state index >= 15 is 0 Å². The highest BCUT2D eigenvalue weighted by atomic mass is 32.2. The van der Waals surface area contributed by atoms with Crippen molar-refractivity contribution in [3.8, 4) is 5.75 Å². The van der Waals surface area contributed by atoms with Gasteiger partial charge in [-0.15, -0.1) is 0 Å². The van der Waals surface area contributed by atoms with Gasteiger partial charge in [0.2, 0.25) is 0 Å². The van der Waals surface area contributed by atoms with Gasteiger partial charge in [-0.05, 0) is 56.1 Å². The van der Waals surface area contributed by atoms with Gasteiger partial charge >= 0.3 is 0 Å². The Kier molecular flexibility index (Phi) is 6.29. The van der Waals surface area contributed by atoms with Crippen molar-refractivity contribution in [3.63, 3.8) is 0 Å². The van der Waals surface area contributed by atoms with Crippen molar-refractivity contribution >= 4 is 40.3 Å². The lowest BCUT2D eigenvalue weighted by molar-refractivity contribution is -0.115. The van der Waals surface area contributed by atoms with Crippen LogP contribution in [0.5, 0.6) is 5.75 Å². The molecule has 1 aromatic carbocycles. The van der Waals surface area contributed by atoms with Crippen LogP contribution >= 0.6 is 24.0 Å². The third kappa shape index (κ3) is 5.06. The van der Waals surface area contributed by atoms with Gasteiger partial charge in [-0.2, -0.15) is 0 Å². The molecule has 0 aliphatic carbocycles. The molecule has 4 nitrogen and oxygen atoms in total. The molecule has 2 saturated heterocycles. The summed E-state index contributed by atoms with van der Waals surface area (Å²) in [4.78, 5) is 14.8. The van der Waals surface area contributed by atoms with Gasteiger partial charge in [-0.25, -0.2) is 0 Å². The van der Waals surface area contributed by atoms with Gasteiger partial charge in [-0.1, -0.05) is 42.5 Å². The number of amides is 1. The summed E-state index contributed by atoms with van der Waals surface area (Å²) in [5.41, 5.74) is 0.970. The maximum absolute atomic E-state index is 11.6. The topological polar surface area (TPSA) is 41.6 Å². The van der Waals surface area contributed by atoms with Crippen LogP contribution in [-0.4, -0.2) is 41.4 Å². The molecule has 2 heterocycles. The van der Waals surface area contributed by atoms with E-state index in [1.165, 1.54) is 44.1 Å². The average molecular weight is 363 g/mol. The second-order valence-corrected chi connectivity index (χ2v) is 7.74. The van der Waals surface area contributed by atoms with Crippen molar-refractivity contribution < 1.29 is 9.53 Å². The predicted molar refractivity (Wildman–Crippen MR) is 103 cm³/mol. The number of likely N-dealkylation sites (tertiary alicyclic amines) is 1. The van der Waals surface area contributed by atoms with Crippen molar-refractivity contribution in [1.82, 2.24) is 10.2 Å². The summed E-state index contributed by atoms with van der Waals surface area (Å²) >= 11 is 6.28. The lowest BCUT2D eigenvalue weighted by Crippen LogP contribution is -2.31. The molecule has 24 heavy (non-hydrogen) atoms. The number of piperidine rings is 1. The number of thioether (sulfide) groups is 1. The fourth-order valence-electron chi connectivity index (χ4n) is 2.89. The molecule has 0 atom stereocenters. The minimum absolute atomic E-state index is 0.122. The highest BCUT2D eigenvalue weighted by Crippen LogP contribution is 2.26. The van der Waals surface area contributed by atoms with Crippen LogP contribution in [0.4, 0.5) is 0 Å². The molecule has 1 amide bonds. The van der Waals surface area contributed by atoms with Crippen molar-refractivity contribution in [2.45, 2.75) is 25.7 Å². The maximum Gasteiger partial charge on any atom is 0.263 e. The molecule has 2 fully saturated rings. The molecule has 0 aromatic heterocycles. The minimum Gasteiger partial charge on any atom is -0.494 e. The molecule has 0 bridgehead atoms. The van der Waals surface area contributed by atoms with Gasteiger partial charge < -0.3 is 15.0 Å². The van der Waals surface area contributed by atoms with Gasteiger partial charge in [0.25, 0.3) is 5.91 Å². The summed E-state index contributed by atoms with van der Waals surface area (Å²) in [5, 5.41) is 2.62. The predicted octanol–water partition coefficient (Wildman–Crippen LogP) is 3.43. The molecule has 128 valence electrons. The number of rotatable bonds is 6. The first-order chi connectivity index (χ1) is 11.7. The monoisotopic (exact) mass is 362 g/mol. The average Bonchev–Trinajstić information content (AvgIpc) is 2.91. The second kappa shape index (κ2) is 8.65. The molecular weight excluding hydrogens is 340 g/mol. The lowest BCUT2D eigenvalue weighted by atomic mass is 10.1. The normalized spacial score (nSPS) is 20.4. The quantitative estimate of drug-likeness (QED) is 0.477. The van der Waals surface area contributed by atoms with E-state index in [9.17, 15) is 4.79 Å². The second-order valence-electron chi connectivity index (χ2n) is 6.03. The standard InChI is InChI=1S/C18H22N2O2S2/c21-17-16(24-18(23)19-17)13-14-5-7-15(8-6-14)22-12-4-11-20-9-2-1-3-10-20/h5-8,13H,1-4,9-12H2,(H,19,21,23)/b16-13-. The van der Waals surface area contributed by atoms with E-state index in [1.54, 1.807) is 0 Å². The number of carbonyl (C=O) groups is 1. The van der Waals surface area contributed by atoms with E-state index in [4.69, 9.17) is 17.0 Å². The third-order valence-corrected chi connectivity index (χ3v) is 5.32. The van der Waals surface area contributed by atoms with Gasteiger partial charge in [-0.3, -0.25) is 4.79 Å². The van der Waals surface area contributed by atoms with Crippen LogP contribution < -0.4 is 10.1 Å². The van der Waals surface area contributed by atoms with Crippen LogP contribution in [0, 0.1) is 0 Å². The molecule has 0 radical (unpaired) electrons. The zero-order chi connectivity index (χ0) is 16.8. The van der Waals surface area contributed by atoms with E-state index < -0.39 is 0 Å². The van der Waals surface area contributed by atoms with Gasteiger partial charge in [0.05, 0.1) is 11.5 Å². The van der Waals surface area contributed by atoms with Crippen LogP contribution in [0.25, 0.3) is 6.08 Å². The zero-order valence-electron chi connectivity index (χ0n) is 13.6. The number of ether oxygens (including phenoxy) is 1. The first-order valence-electron chi connectivity index (χ1n) is 8.41. The maximum atomic E-state index is 11.6. The summed E-state index contributed by atoms with van der Waals surface area (Å²) in [6.07, 6.45) is 6.94. The summed E-state index contributed by atoms with van der Waals surface area (Å²) in [7, 11) is 0. The van der Waals surface area contributed by atoms with Crippen molar-refractivity contribution in [3.05, 3.63) is 34.7 Å². The van der Waals surface area contributed by atoms with Gasteiger partial charge in [0.15, 0.2) is 0 Å². The molecule has 1 N–H and O–H groups in total. The Bertz CT molecular complexity index is 622. The third-order valence-electron chi connectivity index (χ3n) is 4.16. The van der Waals surface area contributed by atoms with E-state index in [-0.39, 0.29) is 5.91 Å². The first kappa shape index (κ1) is 17.5. The van der Waals surface area contributed by atoms with E-state index in [0.717, 1.165) is 30.9 Å². The number of nitrogens with zero attached hydrogens (tertiary/aromatic N) is 1. The molecular formula is C18H22N2O2S2. The Hall–Kier alpha value is -1.37. The summed E-state index contributed by atoms with van der Waals surface area (Å²) in [5.74, 6) is 0.748. The number of benzene rings is 1. The number of nitrogens with one attached hydrogen (secondary N) is 1. The Morgan fingerprint density at radius 2 is 1.96 bits per heavy atom. The lowest BCUT2D eigenvalue weighted by Gasteiger charge is -2.26. The number of carbonyl (C=O) groups excluding carboxylic acids is 1. The van der Waals surface area contributed by atoms with Crippen molar-refractivity contribution in [2.24, 2.45) is 0 Å². The number of hydrogen-bond acceptors (Lipinski definition) is 5. The largest absolute Gasteiger partial charge is 0.494 e.